The van der Waals surface area contributed by atoms with E-state index in [1.165, 1.54) is 21.0 Å². The Morgan fingerprint density at radius 3 is 2.70 bits per heavy atom. The van der Waals surface area contributed by atoms with Crippen molar-refractivity contribution in [1.82, 2.24) is 8.87 Å². The van der Waals surface area contributed by atoms with Gasteiger partial charge in [-0.1, -0.05) is 13.0 Å². The Balaban J connectivity index is 2.00. The first-order valence-electron chi connectivity index (χ1n) is 7.68. The fourth-order valence-corrected chi connectivity index (χ4v) is 4.37. The first-order chi connectivity index (χ1) is 10.9. The minimum absolute atomic E-state index is 0.166. The number of allylic oxidation sites excluding steroid dienone is 1. The molecule has 7 heteroatoms. The Kier molecular flexibility index (Phi) is 4.16. The minimum atomic E-state index is -3.55. The third kappa shape index (κ3) is 2.86. The van der Waals surface area contributed by atoms with Gasteiger partial charge >= 0.3 is 5.76 Å². The van der Waals surface area contributed by atoms with Crippen LogP contribution >= 0.6 is 0 Å². The SMILES string of the molecule is C=CCn1c(=O)oc2cc(S(=O)(=O)N3CCC(C)CC3)ccc21. The molecule has 0 amide bonds. The van der Waals surface area contributed by atoms with Gasteiger partial charge < -0.3 is 4.42 Å². The van der Waals surface area contributed by atoms with Gasteiger partial charge in [0.25, 0.3) is 0 Å². The highest BCUT2D eigenvalue weighted by atomic mass is 32.2. The summed E-state index contributed by atoms with van der Waals surface area (Å²) < 4.78 is 33.6. The van der Waals surface area contributed by atoms with Crippen LogP contribution in [-0.2, 0) is 16.6 Å². The zero-order valence-corrected chi connectivity index (χ0v) is 13.9. The lowest BCUT2D eigenvalue weighted by molar-refractivity contribution is 0.288. The highest BCUT2D eigenvalue weighted by molar-refractivity contribution is 7.89. The first kappa shape index (κ1) is 16.0. The van der Waals surface area contributed by atoms with Crippen LogP contribution < -0.4 is 5.76 Å². The number of fused-ring (bicyclic) bond motifs is 1. The van der Waals surface area contributed by atoms with Crippen LogP contribution in [0.25, 0.3) is 11.1 Å². The summed E-state index contributed by atoms with van der Waals surface area (Å²) in [5, 5.41) is 0. The second-order valence-electron chi connectivity index (χ2n) is 5.98. The molecule has 0 atom stereocenters. The maximum absolute atomic E-state index is 12.7. The lowest BCUT2D eigenvalue weighted by atomic mass is 10.0. The number of benzene rings is 1. The van der Waals surface area contributed by atoms with Crippen LogP contribution in [0.1, 0.15) is 19.8 Å². The molecule has 6 nitrogen and oxygen atoms in total. The number of oxazole rings is 1. The normalized spacial score (nSPS) is 17.6. The number of hydrogen-bond donors (Lipinski definition) is 0. The smallest absolute Gasteiger partial charge is 0.408 e. The van der Waals surface area contributed by atoms with Crippen molar-refractivity contribution >= 4 is 21.1 Å². The van der Waals surface area contributed by atoms with Crippen LogP contribution in [0.2, 0.25) is 0 Å². The largest absolute Gasteiger partial charge is 0.420 e. The van der Waals surface area contributed by atoms with E-state index in [9.17, 15) is 13.2 Å². The van der Waals surface area contributed by atoms with Crippen molar-refractivity contribution in [3.63, 3.8) is 0 Å². The molecule has 0 unspecified atom stereocenters. The molecule has 3 rings (SSSR count). The molecule has 23 heavy (non-hydrogen) atoms. The predicted molar refractivity (Wildman–Crippen MR) is 87.8 cm³/mol. The van der Waals surface area contributed by atoms with Crippen molar-refractivity contribution in [3.8, 4) is 0 Å². The van der Waals surface area contributed by atoms with Crippen molar-refractivity contribution in [2.45, 2.75) is 31.2 Å². The van der Waals surface area contributed by atoms with Gasteiger partial charge in [-0.15, -0.1) is 6.58 Å². The molecular weight excluding hydrogens is 316 g/mol. The van der Waals surface area contributed by atoms with Crippen molar-refractivity contribution in [2.24, 2.45) is 5.92 Å². The Hall–Kier alpha value is -1.86. The standard InChI is InChI=1S/C16H20N2O4S/c1-3-8-18-14-5-4-13(11-15(14)22-16(18)19)23(20,21)17-9-6-12(2)7-10-17/h3-5,11-12H,1,6-10H2,2H3. The third-order valence-electron chi connectivity index (χ3n) is 4.33. The number of sulfonamides is 1. The van der Waals surface area contributed by atoms with E-state index in [1.54, 1.807) is 12.1 Å². The van der Waals surface area contributed by atoms with E-state index in [-0.39, 0.29) is 10.5 Å². The Bertz CT molecular complexity index is 886. The van der Waals surface area contributed by atoms with E-state index in [0.717, 1.165) is 12.8 Å². The van der Waals surface area contributed by atoms with Gasteiger partial charge in [-0.05, 0) is 30.9 Å². The number of rotatable bonds is 4. The molecule has 0 aliphatic carbocycles. The van der Waals surface area contributed by atoms with Crippen LogP contribution in [-0.4, -0.2) is 30.4 Å². The summed E-state index contributed by atoms with van der Waals surface area (Å²) in [4.78, 5) is 12.0. The minimum Gasteiger partial charge on any atom is -0.408 e. The second-order valence-corrected chi connectivity index (χ2v) is 7.92. The zero-order valence-electron chi connectivity index (χ0n) is 13.1. The van der Waals surface area contributed by atoms with E-state index in [0.29, 0.717) is 31.1 Å². The molecule has 0 bridgehead atoms. The molecule has 1 aliphatic heterocycles. The van der Waals surface area contributed by atoms with Crippen LogP contribution in [0.3, 0.4) is 0 Å². The van der Waals surface area contributed by atoms with E-state index in [4.69, 9.17) is 4.42 Å². The molecule has 2 aromatic rings. The predicted octanol–water partition coefficient (Wildman–Crippen LogP) is 2.20. The maximum Gasteiger partial charge on any atom is 0.420 e. The van der Waals surface area contributed by atoms with Crippen molar-refractivity contribution in [3.05, 3.63) is 41.4 Å². The summed E-state index contributed by atoms with van der Waals surface area (Å²) >= 11 is 0. The summed E-state index contributed by atoms with van der Waals surface area (Å²) in [6.45, 7) is 7.12. The summed E-state index contributed by atoms with van der Waals surface area (Å²) in [5.74, 6) is 0.0381. The molecule has 1 aromatic heterocycles. The van der Waals surface area contributed by atoms with Gasteiger partial charge in [0.15, 0.2) is 5.58 Å². The first-order valence-corrected chi connectivity index (χ1v) is 9.12. The van der Waals surface area contributed by atoms with Crippen molar-refractivity contribution in [1.29, 1.82) is 0 Å². The van der Waals surface area contributed by atoms with E-state index in [1.807, 2.05) is 0 Å². The highest BCUT2D eigenvalue weighted by Gasteiger charge is 2.28. The fraction of sp³-hybridized carbons (Fsp3) is 0.438. The quantitative estimate of drug-likeness (QED) is 0.803. The Labute approximate surface area is 135 Å². The molecule has 1 aromatic carbocycles. The molecule has 1 aliphatic rings. The number of nitrogens with zero attached hydrogens (tertiary/aromatic N) is 2. The number of piperidine rings is 1. The lowest BCUT2D eigenvalue weighted by Gasteiger charge is -2.29. The van der Waals surface area contributed by atoms with E-state index in [2.05, 4.69) is 13.5 Å². The van der Waals surface area contributed by atoms with Crippen molar-refractivity contribution in [2.75, 3.05) is 13.1 Å². The molecule has 124 valence electrons. The molecule has 2 heterocycles. The summed E-state index contributed by atoms with van der Waals surface area (Å²) in [5.41, 5.74) is 0.851. The van der Waals surface area contributed by atoms with E-state index >= 15 is 0 Å². The molecule has 0 saturated carbocycles. The van der Waals surface area contributed by atoms with Crippen LogP contribution in [0.4, 0.5) is 0 Å². The molecule has 1 saturated heterocycles. The molecule has 0 radical (unpaired) electrons. The zero-order chi connectivity index (χ0) is 16.6. The van der Waals surface area contributed by atoms with E-state index < -0.39 is 15.8 Å². The van der Waals surface area contributed by atoms with Gasteiger partial charge in [-0.3, -0.25) is 4.57 Å². The van der Waals surface area contributed by atoms with Gasteiger partial charge in [0.1, 0.15) is 0 Å². The average molecular weight is 336 g/mol. The number of hydrogen-bond acceptors (Lipinski definition) is 4. The molecular formula is C16H20N2O4S. The second kappa shape index (κ2) is 5.98. The Morgan fingerprint density at radius 1 is 1.35 bits per heavy atom. The van der Waals surface area contributed by atoms with Crippen molar-refractivity contribution < 1.29 is 12.8 Å². The van der Waals surface area contributed by atoms with Gasteiger partial charge in [0, 0.05) is 25.7 Å². The monoisotopic (exact) mass is 336 g/mol. The summed E-state index contributed by atoms with van der Waals surface area (Å²) in [6.07, 6.45) is 3.33. The summed E-state index contributed by atoms with van der Waals surface area (Å²) in [6, 6.07) is 4.58. The van der Waals surface area contributed by atoms with Gasteiger partial charge in [-0.2, -0.15) is 4.31 Å². The van der Waals surface area contributed by atoms with Crippen LogP contribution in [0, 0.1) is 5.92 Å². The van der Waals surface area contributed by atoms with Gasteiger partial charge in [0.05, 0.1) is 10.4 Å². The van der Waals surface area contributed by atoms with Gasteiger partial charge in [0.2, 0.25) is 10.0 Å². The molecule has 1 fully saturated rings. The third-order valence-corrected chi connectivity index (χ3v) is 6.23. The fourth-order valence-electron chi connectivity index (χ4n) is 2.88. The molecule has 0 N–H and O–H groups in total. The van der Waals surface area contributed by atoms with Gasteiger partial charge in [-0.25, -0.2) is 13.2 Å². The number of aromatic nitrogens is 1. The van der Waals surface area contributed by atoms with Crippen LogP contribution in [0.5, 0.6) is 0 Å². The highest BCUT2D eigenvalue weighted by Crippen LogP contribution is 2.25. The molecule has 0 spiro atoms. The lowest BCUT2D eigenvalue weighted by Crippen LogP contribution is -2.37. The topological polar surface area (TPSA) is 72.5 Å². The summed E-state index contributed by atoms with van der Waals surface area (Å²) in [7, 11) is -3.55. The average Bonchev–Trinajstić information content (AvgIpc) is 2.83. The maximum atomic E-state index is 12.7. The van der Waals surface area contributed by atoms with Crippen LogP contribution in [0.15, 0.2) is 45.0 Å². The Morgan fingerprint density at radius 2 is 2.04 bits per heavy atom.